The van der Waals surface area contributed by atoms with Crippen molar-refractivity contribution in [1.82, 2.24) is 0 Å². The molecule has 0 N–H and O–H groups in total. The van der Waals surface area contributed by atoms with E-state index in [1.165, 1.54) is 11.8 Å². The number of halogens is 2. The molecule has 1 aliphatic heterocycles. The van der Waals surface area contributed by atoms with Gasteiger partial charge in [0.15, 0.2) is 11.5 Å². The zero-order valence-corrected chi connectivity index (χ0v) is 19.6. The van der Waals surface area contributed by atoms with Crippen LogP contribution in [0.25, 0.3) is 6.08 Å². The van der Waals surface area contributed by atoms with Gasteiger partial charge in [-0.25, -0.2) is 9.79 Å². The van der Waals surface area contributed by atoms with Crippen molar-refractivity contribution in [2.75, 3.05) is 0 Å². The van der Waals surface area contributed by atoms with E-state index in [-0.39, 0.29) is 11.6 Å². The Labute approximate surface area is 195 Å². The summed E-state index contributed by atoms with van der Waals surface area (Å²) < 4.78 is 18.4. The monoisotopic (exact) mass is 611 g/mol. The fourth-order valence-corrected chi connectivity index (χ4v) is 4.84. The molecule has 1 aliphatic rings. The van der Waals surface area contributed by atoms with Gasteiger partial charge in [0.05, 0.1) is 13.4 Å². The van der Waals surface area contributed by atoms with Gasteiger partial charge in [-0.1, -0.05) is 29.8 Å². The number of carbonyl (C=O) groups excluding carboxylic acids is 1. The van der Waals surface area contributed by atoms with Crippen LogP contribution in [0.5, 0.6) is 5.75 Å². The first kappa shape index (κ1) is 20.1. The summed E-state index contributed by atoms with van der Waals surface area (Å²) in [6.07, 6.45) is 3.21. The van der Waals surface area contributed by atoms with Crippen molar-refractivity contribution in [3.05, 3.63) is 90.1 Å². The average molecular weight is 611 g/mol. The summed E-state index contributed by atoms with van der Waals surface area (Å²) in [6.45, 7) is 2.56. The normalized spacial score (nSPS) is 14.8. The Morgan fingerprint density at radius 3 is 2.48 bits per heavy atom. The maximum absolute atomic E-state index is 12.1. The number of esters is 1. The van der Waals surface area contributed by atoms with E-state index in [4.69, 9.17) is 13.9 Å². The average Bonchev–Trinajstić information content (AvgIpc) is 3.33. The molecule has 0 radical (unpaired) electrons. The lowest BCUT2D eigenvalue weighted by Crippen LogP contribution is -2.04. The van der Waals surface area contributed by atoms with Gasteiger partial charge in [0.25, 0.3) is 5.90 Å². The minimum absolute atomic E-state index is 0.175. The molecule has 5 nitrogen and oxygen atoms in total. The highest BCUT2D eigenvalue weighted by molar-refractivity contribution is 14.1. The predicted octanol–water partition coefficient (Wildman–Crippen LogP) is 5.72. The van der Waals surface area contributed by atoms with Crippen molar-refractivity contribution < 1.29 is 18.7 Å². The number of aryl methyl sites for hydroxylation is 1. The maximum Gasteiger partial charge on any atom is 0.363 e. The van der Waals surface area contributed by atoms with Crippen LogP contribution >= 0.6 is 45.2 Å². The van der Waals surface area contributed by atoms with E-state index in [1.54, 1.807) is 18.2 Å². The molecule has 2 heterocycles. The quantitative estimate of drug-likeness (QED) is 0.211. The Balaban J connectivity index is 1.54. The number of aliphatic imine (C=N–C) groups is 1. The van der Waals surface area contributed by atoms with Gasteiger partial charge in [0.1, 0.15) is 12.4 Å². The molecule has 0 spiro atoms. The van der Waals surface area contributed by atoms with E-state index in [1.807, 2.05) is 12.1 Å². The van der Waals surface area contributed by atoms with Crippen molar-refractivity contribution in [2.45, 2.75) is 13.5 Å². The molecule has 146 valence electrons. The third-order valence-corrected chi connectivity index (χ3v) is 5.78. The van der Waals surface area contributed by atoms with E-state index >= 15 is 0 Å². The van der Waals surface area contributed by atoms with Gasteiger partial charge >= 0.3 is 5.97 Å². The van der Waals surface area contributed by atoms with Crippen molar-refractivity contribution in [1.29, 1.82) is 0 Å². The Bertz CT molecular complexity index is 1090. The van der Waals surface area contributed by atoms with Crippen molar-refractivity contribution in [3.63, 3.8) is 0 Å². The number of carbonyl (C=O) groups is 1. The van der Waals surface area contributed by atoms with Crippen LogP contribution in [0.2, 0.25) is 0 Å². The number of furan rings is 1. The second-order valence-electron chi connectivity index (χ2n) is 6.40. The summed E-state index contributed by atoms with van der Waals surface area (Å²) in [6, 6.07) is 15.6. The summed E-state index contributed by atoms with van der Waals surface area (Å²) in [7, 11) is 0. The summed E-state index contributed by atoms with van der Waals surface area (Å²) in [4.78, 5) is 16.4. The molecule has 0 fully saturated rings. The summed E-state index contributed by atoms with van der Waals surface area (Å²) in [5.41, 5.74) is 3.41. The number of ether oxygens (including phenoxy) is 2. The van der Waals surface area contributed by atoms with Gasteiger partial charge in [-0.3, -0.25) is 0 Å². The van der Waals surface area contributed by atoms with Crippen LogP contribution in [-0.2, 0) is 16.1 Å². The largest absolute Gasteiger partial charge is 0.487 e. The van der Waals surface area contributed by atoms with Gasteiger partial charge in [0, 0.05) is 0 Å². The smallest absolute Gasteiger partial charge is 0.363 e. The van der Waals surface area contributed by atoms with Crippen molar-refractivity contribution in [2.24, 2.45) is 4.99 Å². The molecule has 4 rings (SSSR count). The summed E-state index contributed by atoms with van der Waals surface area (Å²) in [5, 5.41) is 0. The van der Waals surface area contributed by atoms with E-state index in [9.17, 15) is 4.79 Å². The van der Waals surface area contributed by atoms with Crippen LogP contribution in [0, 0.1) is 14.1 Å². The zero-order chi connectivity index (χ0) is 20.4. The van der Waals surface area contributed by atoms with Crippen LogP contribution < -0.4 is 4.74 Å². The second-order valence-corrected chi connectivity index (χ2v) is 8.73. The number of rotatable bonds is 5. The molecular weight excluding hydrogens is 596 g/mol. The Hall–Kier alpha value is -2.14. The molecule has 0 unspecified atom stereocenters. The van der Waals surface area contributed by atoms with Gasteiger partial charge in [-0.15, -0.1) is 0 Å². The van der Waals surface area contributed by atoms with E-state index < -0.39 is 5.97 Å². The number of nitrogens with zero attached hydrogens (tertiary/aromatic N) is 1. The molecule has 0 bridgehead atoms. The first-order valence-corrected chi connectivity index (χ1v) is 10.9. The lowest BCUT2D eigenvalue weighted by atomic mass is 10.1. The number of benzene rings is 2. The van der Waals surface area contributed by atoms with Gasteiger partial charge < -0.3 is 13.9 Å². The topological polar surface area (TPSA) is 61.0 Å². The summed E-state index contributed by atoms with van der Waals surface area (Å²) in [5.74, 6) is 0.920. The second kappa shape index (κ2) is 8.70. The molecule has 0 aliphatic carbocycles. The van der Waals surface area contributed by atoms with Crippen LogP contribution in [0.15, 0.2) is 69.9 Å². The molecule has 0 saturated carbocycles. The molecule has 1 aromatic heterocycles. The number of hydrogen-bond acceptors (Lipinski definition) is 5. The highest BCUT2D eigenvalue weighted by Gasteiger charge is 2.26. The standard InChI is InChI=1S/C22H15I2NO4/c1-13-4-6-14(7-5-13)12-28-20-16(23)9-15(10-17(20)24)11-18-22(26)29-21(25-18)19-3-2-8-27-19/h2-11H,12H2,1H3/b18-11-. The van der Waals surface area contributed by atoms with Crippen molar-refractivity contribution >= 4 is 63.1 Å². The van der Waals surface area contributed by atoms with Gasteiger partial charge in [-0.2, -0.15) is 0 Å². The van der Waals surface area contributed by atoms with Crippen molar-refractivity contribution in [3.8, 4) is 5.75 Å². The fraction of sp³-hybridized carbons (Fsp3) is 0.0909. The van der Waals surface area contributed by atoms with Gasteiger partial charge in [-0.05, 0) is 93.6 Å². The van der Waals surface area contributed by atoms with Crippen LogP contribution in [-0.4, -0.2) is 11.9 Å². The zero-order valence-electron chi connectivity index (χ0n) is 15.3. The van der Waals surface area contributed by atoms with Gasteiger partial charge in [0.2, 0.25) is 0 Å². The number of hydrogen-bond donors (Lipinski definition) is 0. The Kier molecular flexibility index (Phi) is 6.04. The number of cyclic esters (lactones) is 1. The lowest BCUT2D eigenvalue weighted by Gasteiger charge is -2.12. The fourth-order valence-electron chi connectivity index (χ4n) is 2.71. The van der Waals surface area contributed by atoms with Crippen LogP contribution in [0.3, 0.4) is 0 Å². The molecular formula is C22H15I2NO4. The van der Waals surface area contributed by atoms with E-state index in [0.29, 0.717) is 12.4 Å². The Morgan fingerprint density at radius 1 is 1.10 bits per heavy atom. The third kappa shape index (κ3) is 4.72. The first-order chi connectivity index (χ1) is 14.0. The molecule has 29 heavy (non-hydrogen) atoms. The minimum atomic E-state index is -0.499. The SMILES string of the molecule is Cc1ccc(COc2c(I)cc(/C=C3\N=C(c4ccco4)OC3=O)cc2I)cc1. The highest BCUT2D eigenvalue weighted by Crippen LogP contribution is 2.31. The molecule has 3 aromatic rings. The Morgan fingerprint density at radius 2 is 1.83 bits per heavy atom. The summed E-state index contributed by atoms with van der Waals surface area (Å²) >= 11 is 4.48. The molecule has 2 aromatic carbocycles. The minimum Gasteiger partial charge on any atom is -0.487 e. The lowest BCUT2D eigenvalue weighted by molar-refractivity contribution is -0.130. The molecule has 0 saturated heterocycles. The van der Waals surface area contributed by atoms with Crippen LogP contribution in [0.4, 0.5) is 0 Å². The molecule has 0 atom stereocenters. The van der Waals surface area contributed by atoms with E-state index in [0.717, 1.165) is 24.0 Å². The molecule has 0 amide bonds. The van der Waals surface area contributed by atoms with E-state index in [2.05, 4.69) is 81.4 Å². The predicted molar refractivity (Wildman–Crippen MR) is 127 cm³/mol. The third-order valence-electron chi connectivity index (χ3n) is 4.18. The van der Waals surface area contributed by atoms with Crippen LogP contribution in [0.1, 0.15) is 22.5 Å². The first-order valence-electron chi connectivity index (χ1n) is 8.73. The molecule has 7 heteroatoms. The maximum atomic E-state index is 12.1. The highest BCUT2D eigenvalue weighted by atomic mass is 127.